The smallest absolute Gasteiger partial charge is 0.355 e. The van der Waals surface area contributed by atoms with Crippen LogP contribution in [0.4, 0.5) is 5.69 Å². The maximum atomic E-state index is 13.0. The third-order valence-electron chi connectivity index (χ3n) is 5.49. The number of para-hydroxylation sites is 1. The highest BCUT2D eigenvalue weighted by atomic mass is 16.5. The lowest BCUT2D eigenvalue weighted by molar-refractivity contribution is -0.143. The number of hydrogen-bond donors (Lipinski definition) is 1. The number of cyclic esters (lactones) is 1. The number of esters is 1. The average molecular weight is 394 g/mol. The zero-order valence-corrected chi connectivity index (χ0v) is 17.5. The Hall–Kier alpha value is -2.59. The monoisotopic (exact) mass is 393 g/mol. The van der Waals surface area contributed by atoms with E-state index in [4.69, 9.17) is 4.74 Å². The topological polar surface area (TPSA) is 49.8 Å². The normalized spacial score (nSPS) is 18.0. The molecule has 1 N–H and O–H groups in total. The molecule has 4 nitrogen and oxygen atoms in total. The van der Waals surface area contributed by atoms with Gasteiger partial charge in [0.1, 0.15) is 18.4 Å². The van der Waals surface area contributed by atoms with Crippen LogP contribution in [-0.4, -0.2) is 30.3 Å². The molecular weight excluding hydrogens is 362 g/mol. The number of anilines is 1. The Morgan fingerprint density at radius 2 is 1.69 bits per heavy atom. The highest BCUT2D eigenvalue weighted by Gasteiger charge is 2.37. The fourth-order valence-corrected chi connectivity index (χ4v) is 4.05. The Morgan fingerprint density at radius 3 is 2.28 bits per heavy atom. The standard InChI is InChI=1S/C25H31NO3/c1-4-15-26(20-13-9-6-10-14-20)24-23(22(27)17-29-25(24)28)21(18(2)3)16-19-11-7-5-8-12-19/h5-14,18,21-22,27H,4,15-17H2,1-3H3/t21-,22?/m1/s1. The second-order valence-electron chi connectivity index (χ2n) is 7.95. The van der Waals surface area contributed by atoms with E-state index in [9.17, 15) is 9.90 Å². The number of aliphatic hydroxyl groups excluding tert-OH is 1. The molecule has 29 heavy (non-hydrogen) atoms. The summed E-state index contributed by atoms with van der Waals surface area (Å²) >= 11 is 0. The molecule has 0 spiro atoms. The van der Waals surface area contributed by atoms with Gasteiger partial charge < -0.3 is 14.7 Å². The predicted molar refractivity (Wildman–Crippen MR) is 117 cm³/mol. The summed E-state index contributed by atoms with van der Waals surface area (Å²) in [5.41, 5.74) is 3.45. The quantitative estimate of drug-likeness (QED) is 0.667. The molecule has 1 heterocycles. The number of carbonyl (C=O) groups is 1. The van der Waals surface area contributed by atoms with Crippen LogP contribution in [0.15, 0.2) is 71.9 Å². The van der Waals surface area contributed by atoms with E-state index in [2.05, 4.69) is 32.9 Å². The van der Waals surface area contributed by atoms with Gasteiger partial charge in [0.15, 0.2) is 0 Å². The van der Waals surface area contributed by atoms with Crippen LogP contribution < -0.4 is 4.90 Å². The Kier molecular flexibility index (Phi) is 7.10. The molecule has 0 amide bonds. The number of hydrogen-bond acceptors (Lipinski definition) is 4. The molecule has 4 heteroatoms. The maximum absolute atomic E-state index is 13.0. The van der Waals surface area contributed by atoms with Gasteiger partial charge >= 0.3 is 5.97 Å². The second kappa shape index (κ2) is 9.75. The highest BCUT2D eigenvalue weighted by molar-refractivity contribution is 5.94. The number of benzene rings is 2. The van der Waals surface area contributed by atoms with Crippen LogP contribution in [0.2, 0.25) is 0 Å². The number of carbonyl (C=O) groups excluding carboxylic acids is 1. The van der Waals surface area contributed by atoms with Crippen molar-refractivity contribution in [2.45, 2.75) is 39.7 Å². The van der Waals surface area contributed by atoms with E-state index < -0.39 is 6.10 Å². The van der Waals surface area contributed by atoms with Gasteiger partial charge in [-0.3, -0.25) is 0 Å². The van der Waals surface area contributed by atoms with Gasteiger partial charge in [-0.2, -0.15) is 0 Å². The lowest BCUT2D eigenvalue weighted by atomic mass is 9.79. The zero-order chi connectivity index (χ0) is 20.8. The van der Waals surface area contributed by atoms with E-state index >= 15 is 0 Å². The van der Waals surface area contributed by atoms with Gasteiger partial charge in [-0.25, -0.2) is 4.79 Å². The van der Waals surface area contributed by atoms with E-state index in [-0.39, 0.29) is 24.4 Å². The Balaban J connectivity index is 2.12. The first-order valence-electron chi connectivity index (χ1n) is 10.5. The molecule has 2 aromatic carbocycles. The van der Waals surface area contributed by atoms with Gasteiger partial charge in [-0.1, -0.05) is 69.3 Å². The van der Waals surface area contributed by atoms with Gasteiger partial charge in [0, 0.05) is 12.2 Å². The maximum Gasteiger partial charge on any atom is 0.355 e. The molecule has 3 rings (SSSR count). The van der Waals surface area contributed by atoms with Crippen molar-refractivity contribution in [3.63, 3.8) is 0 Å². The summed E-state index contributed by atoms with van der Waals surface area (Å²) in [5, 5.41) is 11.0. The average Bonchev–Trinajstić information content (AvgIpc) is 2.73. The van der Waals surface area contributed by atoms with Crippen molar-refractivity contribution in [2.24, 2.45) is 11.8 Å². The van der Waals surface area contributed by atoms with Crippen molar-refractivity contribution in [2.75, 3.05) is 18.1 Å². The van der Waals surface area contributed by atoms with Gasteiger partial charge in [0.05, 0.1) is 0 Å². The minimum absolute atomic E-state index is 0.0183. The Bertz CT molecular complexity index is 830. The largest absolute Gasteiger partial charge is 0.458 e. The molecule has 2 atom stereocenters. The molecule has 0 aromatic heterocycles. The van der Waals surface area contributed by atoms with Crippen LogP contribution in [0.1, 0.15) is 32.8 Å². The number of ether oxygens (including phenoxy) is 1. The van der Waals surface area contributed by atoms with Crippen LogP contribution in [0.5, 0.6) is 0 Å². The minimum atomic E-state index is -0.790. The first kappa shape index (κ1) is 21.1. The van der Waals surface area contributed by atoms with Crippen molar-refractivity contribution in [1.29, 1.82) is 0 Å². The third-order valence-corrected chi connectivity index (χ3v) is 5.49. The van der Waals surface area contributed by atoms with E-state index in [1.807, 2.05) is 53.4 Å². The van der Waals surface area contributed by atoms with Crippen LogP contribution in [-0.2, 0) is 16.0 Å². The lowest BCUT2D eigenvalue weighted by Crippen LogP contribution is -2.42. The van der Waals surface area contributed by atoms with E-state index in [1.165, 1.54) is 5.56 Å². The van der Waals surface area contributed by atoms with Crippen LogP contribution >= 0.6 is 0 Å². The fourth-order valence-electron chi connectivity index (χ4n) is 4.05. The molecule has 0 radical (unpaired) electrons. The molecule has 1 aliphatic heterocycles. The fraction of sp³-hybridized carbons (Fsp3) is 0.400. The summed E-state index contributed by atoms with van der Waals surface area (Å²) in [6.07, 6.45) is 0.859. The second-order valence-corrected chi connectivity index (χ2v) is 7.95. The van der Waals surface area contributed by atoms with Crippen LogP contribution in [0.3, 0.4) is 0 Å². The minimum Gasteiger partial charge on any atom is -0.458 e. The predicted octanol–water partition coefficient (Wildman–Crippen LogP) is 4.59. The van der Waals surface area contributed by atoms with Crippen LogP contribution in [0.25, 0.3) is 0 Å². The number of nitrogens with zero attached hydrogens (tertiary/aromatic N) is 1. The highest BCUT2D eigenvalue weighted by Crippen LogP contribution is 2.35. The first-order chi connectivity index (χ1) is 14.0. The summed E-state index contributed by atoms with van der Waals surface area (Å²) in [5.74, 6) is -0.0420. The van der Waals surface area contributed by atoms with E-state index in [0.717, 1.165) is 24.1 Å². The van der Waals surface area contributed by atoms with Crippen molar-refractivity contribution in [3.8, 4) is 0 Å². The van der Waals surface area contributed by atoms with Gasteiger partial charge in [0.25, 0.3) is 0 Å². The molecule has 2 aromatic rings. The third kappa shape index (κ3) is 4.88. The van der Waals surface area contributed by atoms with Crippen LogP contribution in [0, 0.1) is 11.8 Å². The zero-order valence-electron chi connectivity index (χ0n) is 17.5. The molecule has 1 aliphatic rings. The van der Waals surface area contributed by atoms with Crippen molar-refractivity contribution >= 4 is 11.7 Å². The SMILES string of the molecule is CCCN(C1=C([C@H](Cc2ccccc2)C(C)C)C(O)COC1=O)c1ccccc1. The first-order valence-corrected chi connectivity index (χ1v) is 10.5. The summed E-state index contributed by atoms with van der Waals surface area (Å²) in [7, 11) is 0. The Morgan fingerprint density at radius 1 is 1.07 bits per heavy atom. The number of aliphatic hydroxyl groups is 1. The molecular formula is C25H31NO3. The molecule has 0 saturated heterocycles. The Labute approximate surface area is 173 Å². The van der Waals surface area contributed by atoms with Crippen molar-refractivity contribution in [1.82, 2.24) is 0 Å². The van der Waals surface area contributed by atoms with Gasteiger partial charge in [-0.15, -0.1) is 0 Å². The molecule has 0 aliphatic carbocycles. The molecule has 0 saturated carbocycles. The van der Waals surface area contributed by atoms with Crippen molar-refractivity contribution in [3.05, 3.63) is 77.5 Å². The van der Waals surface area contributed by atoms with Gasteiger partial charge in [0.2, 0.25) is 0 Å². The van der Waals surface area contributed by atoms with Gasteiger partial charge in [-0.05, 0) is 47.9 Å². The van der Waals surface area contributed by atoms with Crippen molar-refractivity contribution < 1.29 is 14.6 Å². The number of rotatable bonds is 8. The summed E-state index contributed by atoms with van der Waals surface area (Å²) in [6.45, 7) is 7.09. The molecule has 154 valence electrons. The lowest BCUT2D eigenvalue weighted by Gasteiger charge is -2.37. The molecule has 0 fully saturated rings. The molecule has 0 bridgehead atoms. The summed E-state index contributed by atoms with van der Waals surface area (Å²) in [4.78, 5) is 15.0. The summed E-state index contributed by atoms with van der Waals surface area (Å²) < 4.78 is 5.37. The summed E-state index contributed by atoms with van der Waals surface area (Å²) in [6, 6.07) is 20.1. The van der Waals surface area contributed by atoms with E-state index in [0.29, 0.717) is 12.2 Å². The molecule has 1 unspecified atom stereocenters. The van der Waals surface area contributed by atoms with E-state index in [1.54, 1.807) is 0 Å².